The summed E-state index contributed by atoms with van der Waals surface area (Å²) in [6, 6.07) is -1.37. The second-order valence-corrected chi connectivity index (χ2v) is 14.5. The first-order valence-electron chi connectivity index (χ1n) is 14.5. The maximum Gasteiger partial charge on any atom is 0.414 e. The first kappa shape index (κ1) is 36.0. The van der Waals surface area contributed by atoms with E-state index < -0.39 is 47.2 Å². The molecule has 2 fully saturated rings. The maximum absolute atomic E-state index is 13.2. The highest BCUT2D eigenvalue weighted by molar-refractivity contribution is 8.00. The van der Waals surface area contributed by atoms with Crippen LogP contribution in [-0.2, 0) is 23.8 Å². The molecule has 244 valence electrons. The van der Waals surface area contributed by atoms with E-state index in [2.05, 4.69) is 26.3 Å². The van der Waals surface area contributed by atoms with Gasteiger partial charge in [0.1, 0.15) is 28.9 Å². The zero-order valence-corrected chi connectivity index (χ0v) is 27.6. The molecule has 43 heavy (non-hydrogen) atoms. The standard InChI is InChI=1S/C28H48N6O8S/c1-26(2,3)40-23(37)31-17-12-13-19-34(21(17)36)18(16-43-19)20(35)29-14-10-11-15-30-22(32-24(38)41-27(4,5)6)33-25(39)42-28(7,8)9/h17-19H,10-16H2,1-9H3,(H,29,35)(H,31,37)(H2,30,32,33,38,39)/t17-,18+,19+/m1/s1. The number of rotatable bonds is 7. The average Bonchev–Trinajstić information content (AvgIpc) is 3.24. The van der Waals surface area contributed by atoms with Crippen molar-refractivity contribution in [1.82, 2.24) is 26.2 Å². The number of aliphatic imine (C=N–C) groups is 1. The number of nitrogens with one attached hydrogen (secondary N) is 4. The van der Waals surface area contributed by atoms with Gasteiger partial charge in [-0.15, -0.1) is 11.8 Å². The summed E-state index contributed by atoms with van der Waals surface area (Å²) in [6.07, 6.45) is 0.00968. The molecule has 5 amide bonds. The molecule has 0 unspecified atom stereocenters. The van der Waals surface area contributed by atoms with Crippen molar-refractivity contribution in [3.05, 3.63) is 0 Å². The molecular formula is C28H48N6O8S. The summed E-state index contributed by atoms with van der Waals surface area (Å²) < 4.78 is 15.7. The number of amides is 5. The van der Waals surface area contributed by atoms with Gasteiger partial charge >= 0.3 is 18.3 Å². The number of guanidine groups is 1. The minimum absolute atomic E-state index is 0.109. The second-order valence-electron chi connectivity index (χ2n) is 13.3. The highest BCUT2D eigenvalue weighted by Crippen LogP contribution is 2.36. The Morgan fingerprint density at radius 2 is 1.37 bits per heavy atom. The molecule has 4 N–H and O–H groups in total. The zero-order chi connectivity index (χ0) is 32.6. The summed E-state index contributed by atoms with van der Waals surface area (Å²) >= 11 is 1.56. The molecule has 2 rings (SSSR count). The third-order valence-electron chi connectivity index (χ3n) is 5.73. The Hall–Kier alpha value is -3.23. The topological polar surface area (TPSA) is 177 Å². The zero-order valence-electron chi connectivity index (χ0n) is 26.8. The van der Waals surface area contributed by atoms with Crippen molar-refractivity contribution >= 4 is 47.8 Å². The van der Waals surface area contributed by atoms with Crippen molar-refractivity contribution < 1.29 is 38.2 Å². The first-order valence-corrected chi connectivity index (χ1v) is 15.5. The van der Waals surface area contributed by atoms with Gasteiger partial charge in [-0.2, -0.15) is 0 Å². The van der Waals surface area contributed by atoms with E-state index in [1.165, 1.54) is 0 Å². The maximum atomic E-state index is 13.2. The van der Waals surface area contributed by atoms with Gasteiger partial charge in [-0.25, -0.2) is 14.4 Å². The largest absolute Gasteiger partial charge is 0.444 e. The molecule has 0 spiro atoms. The van der Waals surface area contributed by atoms with Crippen LogP contribution >= 0.6 is 11.8 Å². The summed E-state index contributed by atoms with van der Waals surface area (Å²) in [7, 11) is 0. The van der Waals surface area contributed by atoms with Crippen LogP contribution in [0, 0.1) is 0 Å². The van der Waals surface area contributed by atoms with E-state index in [9.17, 15) is 24.0 Å². The lowest BCUT2D eigenvalue weighted by Crippen LogP contribution is -2.59. The van der Waals surface area contributed by atoms with Crippen LogP contribution in [0.4, 0.5) is 14.4 Å². The highest BCUT2D eigenvalue weighted by atomic mass is 32.2. The lowest BCUT2D eigenvalue weighted by molar-refractivity contribution is -0.143. The van der Waals surface area contributed by atoms with Crippen molar-refractivity contribution in [2.24, 2.45) is 4.99 Å². The molecule has 0 aromatic carbocycles. The minimum atomic E-state index is -0.780. The number of carbonyl (C=O) groups is 5. The quantitative estimate of drug-likeness (QED) is 0.143. The van der Waals surface area contributed by atoms with E-state index in [4.69, 9.17) is 14.2 Å². The summed E-state index contributed by atoms with van der Waals surface area (Å²) in [6.45, 7) is 16.1. The Labute approximate surface area is 258 Å². The number of ether oxygens (including phenoxy) is 3. The number of nitrogens with zero attached hydrogens (tertiary/aromatic N) is 2. The number of piperidine rings is 1. The highest BCUT2D eigenvalue weighted by Gasteiger charge is 2.47. The predicted molar refractivity (Wildman–Crippen MR) is 163 cm³/mol. The Balaban J connectivity index is 1.87. The second kappa shape index (κ2) is 15.0. The molecule has 3 atom stereocenters. The van der Waals surface area contributed by atoms with Gasteiger partial charge in [0.2, 0.25) is 17.8 Å². The number of alkyl carbamates (subject to hydrolysis) is 3. The number of carbonyl (C=O) groups excluding carboxylic acids is 5. The summed E-state index contributed by atoms with van der Waals surface area (Å²) in [5.74, 6) is -0.186. The van der Waals surface area contributed by atoms with Crippen LogP contribution in [0.1, 0.15) is 88.0 Å². The summed E-state index contributed by atoms with van der Waals surface area (Å²) in [4.78, 5) is 68.6. The van der Waals surface area contributed by atoms with Crippen LogP contribution in [0.3, 0.4) is 0 Å². The molecule has 2 aliphatic heterocycles. The van der Waals surface area contributed by atoms with Crippen molar-refractivity contribution in [1.29, 1.82) is 0 Å². The van der Waals surface area contributed by atoms with Crippen LogP contribution in [0.2, 0.25) is 0 Å². The molecule has 0 aliphatic carbocycles. The van der Waals surface area contributed by atoms with Crippen molar-refractivity contribution in [2.75, 3.05) is 18.8 Å². The van der Waals surface area contributed by atoms with E-state index in [0.717, 1.165) is 0 Å². The molecule has 0 saturated carbocycles. The SMILES string of the molecule is CC(C)(C)OC(=O)NC(=NCCCCNC(=O)[C@@H]1CS[C@H]2CC[C@@H](NC(=O)OC(C)(C)C)C(=O)N21)NC(=O)OC(C)(C)C. The van der Waals surface area contributed by atoms with Crippen LogP contribution in [0.15, 0.2) is 4.99 Å². The molecule has 0 aromatic heterocycles. The van der Waals surface area contributed by atoms with Gasteiger partial charge in [0, 0.05) is 18.8 Å². The van der Waals surface area contributed by atoms with Gasteiger partial charge < -0.3 is 29.7 Å². The lowest BCUT2D eigenvalue weighted by atomic mass is 10.0. The van der Waals surface area contributed by atoms with Gasteiger partial charge in [0.25, 0.3) is 0 Å². The van der Waals surface area contributed by atoms with Crippen molar-refractivity contribution in [3.8, 4) is 0 Å². The third-order valence-corrected chi connectivity index (χ3v) is 7.09. The molecule has 2 heterocycles. The lowest BCUT2D eigenvalue weighted by Gasteiger charge is -2.37. The minimum Gasteiger partial charge on any atom is -0.444 e. The number of hydrogen-bond donors (Lipinski definition) is 4. The number of thioether (sulfide) groups is 1. The van der Waals surface area contributed by atoms with E-state index in [1.54, 1.807) is 79.0 Å². The Kier molecular flexibility index (Phi) is 12.5. The molecule has 2 aliphatic rings. The van der Waals surface area contributed by atoms with E-state index >= 15 is 0 Å². The Bertz CT molecular complexity index is 1030. The monoisotopic (exact) mass is 628 g/mol. The molecule has 14 nitrogen and oxygen atoms in total. The normalized spacial score (nSPS) is 20.3. The smallest absolute Gasteiger partial charge is 0.414 e. The fourth-order valence-electron chi connectivity index (χ4n) is 4.15. The Morgan fingerprint density at radius 3 is 1.91 bits per heavy atom. The van der Waals surface area contributed by atoms with Crippen LogP contribution in [-0.4, -0.2) is 94.1 Å². The molecule has 0 bridgehead atoms. The molecule has 15 heteroatoms. The van der Waals surface area contributed by atoms with Gasteiger partial charge in [0.05, 0.1) is 5.37 Å². The van der Waals surface area contributed by atoms with Gasteiger partial charge in [-0.3, -0.25) is 25.2 Å². The molecular weight excluding hydrogens is 580 g/mol. The summed E-state index contributed by atoms with van der Waals surface area (Å²) in [5.41, 5.74) is -2.18. The van der Waals surface area contributed by atoms with Crippen LogP contribution < -0.4 is 21.3 Å². The van der Waals surface area contributed by atoms with Crippen molar-refractivity contribution in [3.63, 3.8) is 0 Å². The van der Waals surface area contributed by atoms with Crippen LogP contribution in [0.25, 0.3) is 0 Å². The van der Waals surface area contributed by atoms with Gasteiger partial charge in [-0.1, -0.05) is 0 Å². The summed E-state index contributed by atoms with van der Waals surface area (Å²) in [5, 5.41) is 10.3. The molecule has 0 aromatic rings. The predicted octanol–water partition coefficient (Wildman–Crippen LogP) is 3.25. The number of hydrogen-bond acceptors (Lipinski definition) is 10. The van der Waals surface area contributed by atoms with Crippen LogP contribution in [0.5, 0.6) is 0 Å². The fraction of sp³-hybridized carbons (Fsp3) is 0.786. The van der Waals surface area contributed by atoms with Crippen molar-refractivity contribution in [2.45, 2.75) is 122 Å². The number of unbranched alkanes of at least 4 members (excludes halogenated alkanes) is 1. The Morgan fingerprint density at radius 1 is 0.837 bits per heavy atom. The van der Waals surface area contributed by atoms with Gasteiger partial charge in [-0.05, 0) is 88.0 Å². The van der Waals surface area contributed by atoms with E-state index in [0.29, 0.717) is 38.0 Å². The fourth-order valence-corrected chi connectivity index (χ4v) is 5.58. The first-order chi connectivity index (χ1) is 19.7. The molecule has 2 saturated heterocycles. The third kappa shape index (κ3) is 13.3. The van der Waals surface area contributed by atoms with E-state index in [1.807, 2.05) is 0 Å². The average molecular weight is 629 g/mol. The van der Waals surface area contributed by atoms with Gasteiger partial charge in [0.15, 0.2) is 0 Å². The van der Waals surface area contributed by atoms with E-state index in [-0.39, 0.29) is 29.7 Å². The number of fused-ring (bicyclic) bond motifs is 1. The molecule has 0 radical (unpaired) electrons.